The van der Waals surface area contributed by atoms with E-state index in [1.54, 1.807) is 41.3 Å². The standard InChI is InChI=1S/C21H22Cl2N2O3/c1-28-20-8-6-15(19(26)12-14-5-7-16(22)17(23)11-14)13-18(20)24-21(27)25-9-3-2-4-10-25/h5-8,11,13H,2-4,9-10,12H2,1H3,(H,24,27). The molecule has 1 heterocycles. The number of anilines is 1. The number of hydrogen-bond acceptors (Lipinski definition) is 3. The molecule has 0 aliphatic carbocycles. The first-order chi connectivity index (χ1) is 13.5. The van der Waals surface area contributed by atoms with Crippen molar-refractivity contribution in [3.8, 4) is 5.75 Å². The van der Waals surface area contributed by atoms with E-state index in [9.17, 15) is 9.59 Å². The summed E-state index contributed by atoms with van der Waals surface area (Å²) in [6.45, 7) is 1.48. The summed E-state index contributed by atoms with van der Waals surface area (Å²) in [5.41, 5.74) is 1.74. The zero-order chi connectivity index (χ0) is 20.1. The summed E-state index contributed by atoms with van der Waals surface area (Å²) in [6, 6.07) is 9.99. The first-order valence-electron chi connectivity index (χ1n) is 9.19. The second-order valence-electron chi connectivity index (χ2n) is 6.74. The zero-order valence-electron chi connectivity index (χ0n) is 15.6. The molecule has 0 bridgehead atoms. The van der Waals surface area contributed by atoms with Gasteiger partial charge in [-0.05, 0) is 55.2 Å². The normalized spacial score (nSPS) is 13.9. The van der Waals surface area contributed by atoms with E-state index in [0.717, 1.165) is 37.9 Å². The summed E-state index contributed by atoms with van der Waals surface area (Å²) in [5, 5.41) is 3.74. The van der Waals surface area contributed by atoms with E-state index in [-0.39, 0.29) is 18.2 Å². The second-order valence-corrected chi connectivity index (χ2v) is 7.56. The van der Waals surface area contributed by atoms with Gasteiger partial charge in [0, 0.05) is 25.1 Å². The lowest BCUT2D eigenvalue weighted by Crippen LogP contribution is -2.38. The van der Waals surface area contributed by atoms with Crippen molar-refractivity contribution < 1.29 is 14.3 Å². The monoisotopic (exact) mass is 420 g/mol. The van der Waals surface area contributed by atoms with Gasteiger partial charge in [-0.25, -0.2) is 4.79 Å². The Labute approximate surface area is 174 Å². The maximum Gasteiger partial charge on any atom is 0.321 e. The van der Waals surface area contributed by atoms with Crippen LogP contribution in [0.2, 0.25) is 10.0 Å². The van der Waals surface area contributed by atoms with Gasteiger partial charge in [0.2, 0.25) is 0 Å². The Morgan fingerprint density at radius 3 is 2.46 bits per heavy atom. The summed E-state index contributed by atoms with van der Waals surface area (Å²) in [7, 11) is 1.53. The van der Waals surface area contributed by atoms with Gasteiger partial charge in [-0.3, -0.25) is 4.79 Å². The highest BCUT2D eigenvalue weighted by atomic mass is 35.5. The minimum absolute atomic E-state index is 0.0884. The SMILES string of the molecule is COc1ccc(C(=O)Cc2ccc(Cl)c(Cl)c2)cc1NC(=O)N1CCCCC1. The van der Waals surface area contributed by atoms with Crippen molar-refractivity contribution in [1.29, 1.82) is 0 Å². The van der Waals surface area contributed by atoms with Gasteiger partial charge in [0.1, 0.15) is 5.75 Å². The number of urea groups is 1. The van der Waals surface area contributed by atoms with Crippen LogP contribution in [0.25, 0.3) is 0 Å². The molecule has 0 radical (unpaired) electrons. The van der Waals surface area contributed by atoms with E-state index >= 15 is 0 Å². The van der Waals surface area contributed by atoms with E-state index in [0.29, 0.717) is 27.0 Å². The van der Waals surface area contributed by atoms with Crippen LogP contribution < -0.4 is 10.1 Å². The highest BCUT2D eigenvalue weighted by Gasteiger charge is 2.19. The minimum atomic E-state index is -0.174. The molecule has 5 nitrogen and oxygen atoms in total. The van der Waals surface area contributed by atoms with Gasteiger partial charge in [0.15, 0.2) is 5.78 Å². The van der Waals surface area contributed by atoms with E-state index in [1.165, 1.54) is 7.11 Å². The van der Waals surface area contributed by atoms with Crippen LogP contribution in [0.15, 0.2) is 36.4 Å². The lowest BCUT2D eigenvalue weighted by molar-refractivity contribution is 0.0993. The smallest absolute Gasteiger partial charge is 0.321 e. The van der Waals surface area contributed by atoms with Crippen molar-refractivity contribution >= 4 is 40.7 Å². The van der Waals surface area contributed by atoms with Gasteiger partial charge in [0.05, 0.1) is 22.8 Å². The third-order valence-electron chi connectivity index (χ3n) is 4.76. The number of ether oxygens (including phenoxy) is 1. The highest BCUT2D eigenvalue weighted by molar-refractivity contribution is 6.42. The lowest BCUT2D eigenvalue weighted by atomic mass is 10.0. The number of benzene rings is 2. The number of carbonyl (C=O) groups is 2. The third kappa shape index (κ3) is 4.97. The number of rotatable bonds is 5. The van der Waals surface area contributed by atoms with Gasteiger partial charge >= 0.3 is 6.03 Å². The average molecular weight is 421 g/mol. The van der Waals surface area contributed by atoms with Crippen LogP contribution in [-0.4, -0.2) is 36.9 Å². The van der Waals surface area contributed by atoms with Crippen molar-refractivity contribution in [2.45, 2.75) is 25.7 Å². The molecule has 0 saturated carbocycles. The van der Waals surface area contributed by atoms with Gasteiger partial charge in [-0.15, -0.1) is 0 Å². The Hall–Kier alpha value is -2.24. The largest absolute Gasteiger partial charge is 0.495 e. The molecule has 28 heavy (non-hydrogen) atoms. The first-order valence-corrected chi connectivity index (χ1v) is 9.94. The van der Waals surface area contributed by atoms with Crippen LogP contribution >= 0.6 is 23.2 Å². The molecule has 3 rings (SSSR count). The quantitative estimate of drug-likeness (QED) is 0.654. The van der Waals surface area contributed by atoms with Gasteiger partial charge < -0.3 is 15.0 Å². The molecule has 1 aliphatic heterocycles. The molecular formula is C21H22Cl2N2O3. The number of likely N-dealkylation sites (tertiary alicyclic amines) is 1. The molecule has 0 spiro atoms. The molecule has 0 unspecified atom stereocenters. The molecule has 1 fully saturated rings. The Bertz CT molecular complexity index is 880. The average Bonchev–Trinajstić information content (AvgIpc) is 2.71. The van der Waals surface area contributed by atoms with Crippen LogP contribution in [-0.2, 0) is 6.42 Å². The molecule has 2 amide bonds. The molecule has 1 aliphatic rings. The first kappa shape index (κ1) is 20.5. The molecule has 0 atom stereocenters. The lowest BCUT2D eigenvalue weighted by Gasteiger charge is -2.27. The van der Waals surface area contributed by atoms with Crippen molar-refractivity contribution in [3.63, 3.8) is 0 Å². The topological polar surface area (TPSA) is 58.6 Å². The van der Waals surface area contributed by atoms with Gasteiger partial charge in [-0.1, -0.05) is 29.3 Å². The fourth-order valence-electron chi connectivity index (χ4n) is 3.21. The summed E-state index contributed by atoms with van der Waals surface area (Å²) >= 11 is 12.0. The molecule has 148 valence electrons. The number of nitrogens with one attached hydrogen (secondary N) is 1. The summed E-state index contributed by atoms with van der Waals surface area (Å²) in [4.78, 5) is 27.0. The van der Waals surface area contributed by atoms with Crippen LogP contribution in [0.4, 0.5) is 10.5 Å². The van der Waals surface area contributed by atoms with Crippen molar-refractivity contribution in [2.75, 3.05) is 25.5 Å². The Morgan fingerprint density at radius 2 is 1.79 bits per heavy atom. The summed E-state index contributed by atoms with van der Waals surface area (Å²) in [6.07, 6.45) is 3.34. The van der Waals surface area contributed by atoms with Gasteiger partial charge in [0.25, 0.3) is 0 Å². The molecule has 2 aromatic carbocycles. The predicted octanol–water partition coefficient (Wildman–Crippen LogP) is 5.45. The van der Waals surface area contributed by atoms with E-state index in [4.69, 9.17) is 27.9 Å². The molecule has 1 N–H and O–H groups in total. The summed E-state index contributed by atoms with van der Waals surface area (Å²) in [5.74, 6) is 0.422. The van der Waals surface area contributed by atoms with Crippen molar-refractivity contribution in [3.05, 3.63) is 57.6 Å². The third-order valence-corrected chi connectivity index (χ3v) is 5.49. The van der Waals surface area contributed by atoms with Crippen LogP contribution in [0.1, 0.15) is 35.2 Å². The maximum absolute atomic E-state index is 12.7. The molecule has 1 saturated heterocycles. The van der Waals surface area contributed by atoms with Crippen molar-refractivity contribution in [1.82, 2.24) is 4.90 Å². The molecular weight excluding hydrogens is 399 g/mol. The number of halogens is 2. The number of carbonyl (C=O) groups excluding carboxylic acids is 2. The maximum atomic E-state index is 12.7. The number of hydrogen-bond donors (Lipinski definition) is 1. The Kier molecular flexibility index (Phi) is 6.81. The number of methoxy groups -OCH3 is 1. The van der Waals surface area contributed by atoms with Crippen LogP contribution in [0.3, 0.4) is 0 Å². The van der Waals surface area contributed by atoms with Crippen LogP contribution in [0.5, 0.6) is 5.75 Å². The van der Waals surface area contributed by atoms with Gasteiger partial charge in [-0.2, -0.15) is 0 Å². The highest BCUT2D eigenvalue weighted by Crippen LogP contribution is 2.28. The summed E-state index contributed by atoms with van der Waals surface area (Å²) < 4.78 is 5.34. The Balaban J connectivity index is 1.76. The predicted molar refractivity (Wildman–Crippen MR) is 112 cm³/mol. The van der Waals surface area contributed by atoms with Crippen LogP contribution in [0, 0.1) is 0 Å². The number of Topliss-reactive ketones (excluding diaryl/α,β-unsaturated/α-hetero) is 1. The van der Waals surface area contributed by atoms with E-state index < -0.39 is 0 Å². The molecule has 7 heteroatoms. The number of nitrogens with zero attached hydrogens (tertiary/aromatic N) is 1. The van der Waals surface area contributed by atoms with Crippen molar-refractivity contribution in [2.24, 2.45) is 0 Å². The molecule has 0 aromatic heterocycles. The fraction of sp³-hybridized carbons (Fsp3) is 0.333. The van der Waals surface area contributed by atoms with E-state index in [2.05, 4.69) is 5.32 Å². The minimum Gasteiger partial charge on any atom is -0.495 e. The molecule has 2 aromatic rings. The fourth-order valence-corrected chi connectivity index (χ4v) is 3.53. The number of ketones is 1. The Morgan fingerprint density at radius 1 is 1.04 bits per heavy atom. The number of piperidine rings is 1. The zero-order valence-corrected chi connectivity index (χ0v) is 17.1. The second kappa shape index (κ2) is 9.30. The number of amides is 2. The van der Waals surface area contributed by atoms with E-state index in [1.807, 2.05) is 0 Å².